The molecule has 4 aromatic carbocycles. The van der Waals surface area contributed by atoms with Crippen LogP contribution in [-0.2, 0) is 14.2 Å². The number of hydrogen-bond donors (Lipinski definition) is 0. The molecule has 8 rings (SSSR count). The van der Waals surface area contributed by atoms with Crippen molar-refractivity contribution in [1.82, 2.24) is 0 Å². The minimum absolute atomic E-state index is 0.498. The van der Waals surface area contributed by atoms with Gasteiger partial charge in [-0.05, 0) is 0 Å². The third-order valence-corrected chi connectivity index (χ3v) is 86.0. The molecule has 0 aliphatic heterocycles. The van der Waals surface area contributed by atoms with E-state index in [-0.39, 0.29) is 0 Å². The first-order chi connectivity index (χ1) is 22.0. The van der Waals surface area contributed by atoms with E-state index >= 15 is 0 Å². The van der Waals surface area contributed by atoms with E-state index in [0.717, 1.165) is 7.35 Å². The summed E-state index contributed by atoms with van der Waals surface area (Å²) < 4.78 is 8.74. The monoisotopic (exact) mass is 788 g/mol. The second-order valence-electron chi connectivity index (χ2n) is 18.3. The van der Waals surface area contributed by atoms with Crippen LogP contribution >= 0.6 is 0 Å². The molecule has 4 aliphatic carbocycles. The molecule has 2 atom stereocenters. The zero-order valence-electron chi connectivity index (χ0n) is 28.6. The molecule has 0 amide bonds. The molecule has 0 nitrogen and oxygen atoms in total. The molecule has 0 saturated heterocycles. The Morgan fingerprint density at radius 3 is 1.26 bits per heavy atom. The van der Waals surface area contributed by atoms with Gasteiger partial charge in [0, 0.05) is 0 Å². The summed E-state index contributed by atoms with van der Waals surface area (Å²) in [6.07, 6.45) is 22.0. The standard InChI is InChI=1S/2C16H13.2C5H9.2CH3.Hf.H2Si/c2*1-12-8-10-14(11-9-12)16-7-3-5-13-4-2-6-15(13)16;2*1-2-4-5-3-1;;;;/h2*2-11H,1H3;2*1H,2-5H2;2*1H3;;1H2. The van der Waals surface area contributed by atoms with Gasteiger partial charge < -0.3 is 0 Å². The van der Waals surface area contributed by atoms with E-state index in [1.807, 2.05) is 0 Å². The Hall–Kier alpha value is -2.55. The van der Waals surface area contributed by atoms with Crippen LogP contribution in [0.5, 0.6) is 0 Å². The van der Waals surface area contributed by atoms with Crippen molar-refractivity contribution in [3.8, 4) is 22.3 Å². The van der Waals surface area contributed by atoms with Crippen LogP contribution in [0.1, 0.15) is 92.1 Å². The normalized spacial score (nSPS) is 23.5. The Morgan fingerprint density at radius 2 is 0.891 bits per heavy atom. The van der Waals surface area contributed by atoms with Gasteiger partial charge in [-0.15, -0.1) is 0 Å². The average Bonchev–Trinajstić information content (AvgIpc) is 3.88. The number of allylic oxidation sites excluding steroid dienone is 2. The minimum atomic E-state index is -5.26. The van der Waals surface area contributed by atoms with E-state index in [1.165, 1.54) is 95.9 Å². The van der Waals surface area contributed by atoms with Gasteiger partial charge in [-0.2, -0.15) is 0 Å². The molecule has 4 aliphatic rings. The van der Waals surface area contributed by atoms with Crippen molar-refractivity contribution in [3.63, 3.8) is 0 Å². The van der Waals surface area contributed by atoms with Gasteiger partial charge in [0.2, 0.25) is 0 Å². The van der Waals surface area contributed by atoms with Crippen LogP contribution in [0.3, 0.4) is 0 Å². The molecule has 4 aromatic rings. The number of benzene rings is 4. The fourth-order valence-corrected chi connectivity index (χ4v) is 76.3. The molecule has 0 spiro atoms. The van der Waals surface area contributed by atoms with Crippen molar-refractivity contribution in [2.45, 2.75) is 89.3 Å². The van der Waals surface area contributed by atoms with Crippen LogP contribution in [0, 0.1) is 13.8 Å². The van der Waals surface area contributed by atoms with Crippen molar-refractivity contribution in [2.75, 3.05) is 0 Å². The molecular formula is C44H52HfSi. The number of fused-ring (bicyclic) bond motifs is 2. The summed E-state index contributed by atoms with van der Waals surface area (Å²) in [5, 5.41) is 0. The fourth-order valence-electron chi connectivity index (χ4n) is 12.8. The molecule has 236 valence electrons. The molecule has 0 aromatic heterocycles. The maximum atomic E-state index is 3.07. The van der Waals surface area contributed by atoms with Gasteiger partial charge in [-0.25, -0.2) is 0 Å². The first-order valence-electron chi connectivity index (χ1n) is 18.3. The van der Waals surface area contributed by atoms with Crippen LogP contribution in [0.2, 0.25) is 16.7 Å². The summed E-state index contributed by atoms with van der Waals surface area (Å²) in [4.78, 5) is 0. The van der Waals surface area contributed by atoms with E-state index in [0.29, 0.717) is 7.35 Å². The Balaban J connectivity index is 1.43. The zero-order chi connectivity index (χ0) is 31.8. The van der Waals surface area contributed by atoms with Crippen LogP contribution < -0.4 is 0 Å². The SMILES string of the molecule is Cc1ccc(-c2cccc3c2C=C[CH]3[Hf]([CH3])([CH3])(=[SiH2])([CH]2CCCC2)([CH]2CCCC2)[CH]2C=Cc3c(-c4ccc(C)cc4)cccc32)cc1. The Morgan fingerprint density at radius 1 is 0.522 bits per heavy atom. The number of aryl methyl sites for hydroxylation is 2. The molecule has 2 heteroatoms. The van der Waals surface area contributed by atoms with Crippen LogP contribution in [0.4, 0.5) is 0 Å². The molecule has 0 radical (unpaired) electrons. The molecule has 2 unspecified atom stereocenters. The molecule has 0 N–H and O–H groups in total. The van der Waals surface area contributed by atoms with Crippen LogP contribution in [0.15, 0.2) is 97.1 Å². The van der Waals surface area contributed by atoms with Crippen molar-refractivity contribution >= 4 is 19.1 Å². The third-order valence-electron chi connectivity index (χ3n) is 15.7. The summed E-state index contributed by atoms with van der Waals surface area (Å²) in [5.74, 6) is 0. The van der Waals surface area contributed by atoms with E-state index in [2.05, 4.69) is 139 Å². The van der Waals surface area contributed by atoms with Crippen LogP contribution in [-0.4, -0.2) is 6.94 Å². The van der Waals surface area contributed by atoms with E-state index in [9.17, 15) is 0 Å². The van der Waals surface area contributed by atoms with Gasteiger partial charge in [0.25, 0.3) is 0 Å². The predicted molar refractivity (Wildman–Crippen MR) is 201 cm³/mol. The third kappa shape index (κ3) is 3.81. The number of hydrogen-bond acceptors (Lipinski definition) is 0. The molecule has 2 saturated carbocycles. The Bertz CT molecular complexity index is 1910. The molecule has 46 heavy (non-hydrogen) atoms. The van der Waals surface area contributed by atoms with E-state index in [4.69, 9.17) is 0 Å². The summed E-state index contributed by atoms with van der Waals surface area (Å²) in [6, 6.07) is 33.1. The maximum absolute atomic E-state index is 5.26. The van der Waals surface area contributed by atoms with Gasteiger partial charge >= 0.3 is 275 Å². The second kappa shape index (κ2) is 9.76. The molecule has 0 bridgehead atoms. The zero-order valence-corrected chi connectivity index (χ0v) is 33.6. The summed E-state index contributed by atoms with van der Waals surface area (Å²) in [6.45, 7) is 7.10. The van der Waals surface area contributed by atoms with E-state index < -0.39 is 14.2 Å². The predicted octanol–water partition coefficient (Wildman–Crippen LogP) is 12.6. The fraction of sp³-hybridized carbons (Fsp3) is 0.364. The second-order valence-corrected chi connectivity index (χ2v) is 91.9. The van der Waals surface area contributed by atoms with Gasteiger partial charge in [-0.3, -0.25) is 0 Å². The first-order valence-corrected chi connectivity index (χ1v) is 42.1. The van der Waals surface area contributed by atoms with E-state index in [1.54, 1.807) is 11.1 Å². The Kier molecular flexibility index (Phi) is 6.52. The van der Waals surface area contributed by atoms with Crippen LogP contribution in [0.25, 0.3) is 34.4 Å². The Labute approximate surface area is 273 Å². The average molecular weight is 787 g/mol. The van der Waals surface area contributed by atoms with Gasteiger partial charge in [0.05, 0.1) is 0 Å². The van der Waals surface area contributed by atoms with Crippen molar-refractivity contribution in [2.24, 2.45) is 0 Å². The first kappa shape index (κ1) is 30.8. The molecule has 0 heterocycles. The van der Waals surface area contributed by atoms with Gasteiger partial charge in [-0.1, -0.05) is 0 Å². The summed E-state index contributed by atoms with van der Waals surface area (Å²) in [7, 11) is 0. The topological polar surface area (TPSA) is 0 Å². The molecule has 2 fully saturated rings. The van der Waals surface area contributed by atoms with Crippen molar-refractivity contribution in [3.05, 3.63) is 130 Å². The quantitative estimate of drug-likeness (QED) is 0.171. The van der Waals surface area contributed by atoms with Crippen molar-refractivity contribution in [1.29, 1.82) is 0 Å². The van der Waals surface area contributed by atoms with Crippen molar-refractivity contribution < 1.29 is 14.2 Å². The number of rotatable bonds is 6. The van der Waals surface area contributed by atoms with Gasteiger partial charge in [0.1, 0.15) is 0 Å². The van der Waals surface area contributed by atoms with Gasteiger partial charge in [0.15, 0.2) is 0 Å². The molecular weight excluding hydrogens is 735 g/mol. The summed E-state index contributed by atoms with van der Waals surface area (Å²) in [5.41, 5.74) is 14.4. The summed E-state index contributed by atoms with van der Waals surface area (Å²) >= 11 is -5.26.